The molecule has 1 aromatic carbocycles. The first kappa shape index (κ1) is 29.1. The summed E-state index contributed by atoms with van der Waals surface area (Å²) < 4.78 is 29.8. The Morgan fingerprint density at radius 3 is 2.30 bits per heavy atom. The van der Waals surface area contributed by atoms with Crippen LogP contribution in [0.1, 0.15) is 59.4 Å². The van der Waals surface area contributed by atoms with Gasteiger partial charge in [0.15, 0.2) is 0 Å². The lowest BCUT2D eigenvalue weighted by atomic mass is 9.82. The van der Waals surface area contributed by atoms with Gasteiger partial charge in [0.05, 0.1) is 17.6 Å². The zero-order valence-electron chi connectivity index (χ0n) is 20.1. The van der Waals surface area contributed by atoms with Gasteiger partial charge in [0.1, 0.15) is 5.60 Å². The van der Waals surface area contributed by atoms with Crippen LogP contribution in [0.4, 0.5) is 0 Å². The summed E-state index contributed by atoms with van der Waals surface area (Å²) in [5.41, 5.74) is 2.54. The lowest BCUT2D eigenvalue weighted by Crippen LogP contribution is -2.48. The summed E-state index contributed by atoms with van der Waals surface area (Å²) in [4.78, 5) is 28.2. The molecule has 9 heteroatoms. The number of hydrogen-bond acceptors (Lipinski definition) is 5. The third-order valence-electron chi connectivity index (χ3n) is 4.63. The van der Waals surface area contributed by atoms with Crippen molar-refractivity contribution in [1.29, 1.82) is 0 Å². The number of sulfonamides is 1. The highest BCUT2D eigenvalue weighted by molar-refractivity contribution is 7.89. The number of halogens is 1. The molecule has 0 aliphatic heterocycles. The molecule has 0 heterocycles. The van der Waals surface area contributed by atoms with Crippen LogP contribution in [0.2, 0.25) is 0 Å². The highest BCUT2D eigenvalue weighted by Gasteiger charge is 2.36. The first-order valence-corrected chi connectivity index (χ1v) is 13.3. The molecule has 0 saturated carbocycles. The minimum Gasteiger partial charge on any atom is -0.460 e. The summed E-state index contributed by atoms with van der Waals surface area (Å²) in [7, 11) is -3.73. The summed E-state index contributed by atoms with van der Waals surface area (Å²) in [6.07, 6.45) is 4.64. The molecule has 1 amide bonds. The van der Waals surface area contributed by atoms with Gasteiger partial charge in [-0.2, -0.15) is 0 Å². The van der Waals surface area contributed by atoms with E-state index in [2.05, 4.69) is 10.3 Å². The first-order valence-electron chi connectivity index (χ1n) is 11.1. The van der Waals surface area contributed by atoms with Crippen LogP contribution >= 0.6 is 11.6 Å². The second-order valence-corrected chi connectivity index (χ2v) is 11.6. The Labute approximate surface area is 203 Å². The molecule has 33 heavy (non-hydrogen) atoms. The number of hydrazine groups is 1. The van der Waals surface area contributed by atoms with E-state index >= 15 is 0 Å². The normalized spacial score (nSPS) is 14.3. The van der Waals surface area contributed by atoms with E-state index in [9.17, 15) is 18.0 Å². The second kappa shape index (κ2) is 13.7. The van der Waals surface area contributed by atoms with E-state index in [4.69, 9.17) is 16.3 Å². The number of carbonyl (C=O) groups is 2. The van der Waals surface area contributed by atoms with Gasteiger partial charge in [-0.25, -0.2) is 8.42 Å². The Bertz CT molecular complexity index is 880. The van der Waals surface area contributed by atoms with Gasteiger partial charge in [0, 0.05) is 5.88 Å². The molecule has 0 saturated heterocycles. The quantitative estimate of drug-likeness (QED) is 0.239. The lowest BCUT2D eigenvalue weighted by molar-refractivity contribution is -0.164. The third kappa shape index (κ3) is 12.2. The van der Waals surface area contributed by atoms with Crippen molar-refractivity contribution in [3.8, 4) is 0 Å². The van der Waals surface area contributed by atoms with Gasteiger partial charge in [-0.3, -0.25) is 15.0 Å². The number of alkyl halides is 1. The van der Waals surface area contributed by atoms with Crippen LogP contribution in [0.25, 0.3) is 6.08 Å². The van der Waals surface area contributed by atoms with E-state index in [1.54, 1.807) is 20.8 Å². The van der Waals surface area contributed by atoms with Gasteiger partial charge in [0.2, 0.25) is 15.9 Å². The standard InChI is InChI=1S/C24H37ClN2O5S/c1-18(2)17-21(22(28)26-27-33(30,31)16-10-15-25)20(23(29)32-24(3,4)5)14-9-13-19-11-7-6-8-12-19/h6-9,11-13,18,20-21,27H,10,14-17H2,1-5H3,(H,26,28)/t20-,21+/m0/s1. The van der Waals surface area contributed by atoms with Crippen molar-refractivity contribution < 1.29 is 22.7 Å². The molecule has 186 valence electrons. The van der Waals surface area contributed by atoms with Crippen molar-refractivity contribution in [3.63, 3.8) is 0 Å². The van der Waals surface area contributed by atoms with Crippen LogP contribution in [-0.2, 0) is 24.3 Å². The summed E-state index contributed by atoms with van der Waals surface area (Å²) in [6, 6.07) is 9.62. The van der Waals surface area contributed by atoms with Crippen LogP contribution in [0.15, 0.2) is 36.4 Å². The van der Waals surface area contributed by atoms with Crippen LogP contribution in [0.3, 0.4) is 0 Å². The second-order valence-electron chi connectivity index (χ2n) is 9.38. The number of nitrogens with one attached hydrogen (secondary N) is 2. The fourth-order valence-electron chi connectivity index (χ4n) is 3.20. The Balaban J connectivity index is 3.11. The molecule has 2 N–H and O–H groups in total. The average Bonchev–Trinajstić information content (AvgIpc) is 2.71. The first-order chi connectivity index (χ1) is 15.3. The maximum atomic E-state index is 13.1. The monoisotopic (exact) mass is 500 g/mol. The smallest absolute Gasteiger partial charge is 0.310 e. The summed E-state index contributed by atoms with van der Waals surface area (Å²) in [5.74, 6) is -2.54. The zero-order valence-corrected chi connectivity index (χ0v) is 21.7. The number of esters is 1. The van der Waals surface area contributed by atoms with Crippen molar-refractivity contribution in [2.24, 2.45) is 17.8 Å². The molecule has 0 aliphatic rings. The van der Waals surface area contributed by atoms with Crippen molar-refractivity contribution in [1.82, 2.24) is 10.3 Å². The van der Waals surface area contributed by atoms with Crippen LogP contribution < -0.4 is 10.3 Å². The molecular weight excluding hydrogens is 464 g/mol. The van der Waals surface area contributed by atoms with Gasteiger partial charge in [-0.15, -0.1) is 16.4 Å². The van der Waals surface area contributed by atoms with Crippen LogP contribution in [-0.4, -0.2) is 37.5 Å². The van der Waals surface area contributed by atoms with Gasteiger partial charge < -0.3 is 4.74 Å². The van der Waals surface area contributed by atoms with Crippen molar-refractivity contribution in [3.05, 3.63) is 42.0 Å². The van der Waals surface area contributed by atoms with E-state index in [0.717, 1.165) is 5.56 Å². The van der Waals surface area contributed by atoms with Gasteiger partial charge in [-0.1, -0.05) is 56.3 Å². The fraction of sp³-hybridized carbons (Fsp3) is 0.583. The number of hydrogen-bond donors (Lipinski definition) is 2. The predicted molar refractivity (Wildman–Crippen MR) is 133 cm³/mol. The number of amides is 1. The fourth-order valence-corrected chi connectivity index (χ4v) is 4.37. The van der Waals surface area contributed by atoms with Crippen molar-refractivity contribution in [2.75, 3.05) is 11.6 Å². The molecule has 0 bridgehead atoms. The van der Waals surface area contributed by atoms with E-state index in [0.29, 0.717) is 6.42 Å². The Kier molecular flexibility index (Phi) is 12.1. The van der Waals surface area contributed by atoms with Crippen molar-refractivity contribution in [2.45, 2.75) is 59.5 Å². The molecule has 7 nitrogen and oxygen atoms in total. The average molecular weight is 501 g/mol. The van der Waals surface area contributed by atoms with E-state index in [1.807, 2.05) is 56.3 Å². The van der Waals surface area contributed by atoms with E-state index < -0.39 is 39.3 Å². The molecular formula is C24H37ClN2O5S. The lowest BCUT2D eigenvalue weighted by Gasteiger charge is -2.29. The van der Waals surface area contributed by atoms with Crippen LogP contribution in [0.5, 0.6) is 0 Å². The molecule has 2 atom stereocenters. The topological polar surface area (TPSA) is 102 Å². The Morgan fingerprint density at radius 1 is 1.12 bits per heavy atom. The molecule has 0 unspecified atom stereocenters. The van der Waals surface area contributed by atoms with Crippen molar-refractivity contribution >= 4 is 39.6 Å². The number of ether oxygens (including phenoxy) is 1. The van der Waals surface area contributed by atoms with Gasteiger partial charge in [-0.05, 0) is 51.5 Å². The number of rotatable bonds is 13. The third-order valence-corrected chi connectivity index (χ3v) is 6.14. The summed E-state index contributed by atoms with van der Waals surface area (Å²) in [5, 5.41) is 0. The Hall–Kier alpha value is -1.90. The number of carbonyl (C=O) groups excluding carboxylic acids is 2. The Morgan fingerprint density at radius 2 is 1.76 bits per heavy atom. The van der Waals surface area contributed by atoms with Gasteiger partial charge in [0.25, 0.3) is 0 Å². The molecule has 0 aliphatic carbocycles. The maximum Gasteiger partial charge on any atom is 0.310 e. The van der Waals surface area contributed by atoms with Crippen LogP contribution in [0, 0.1) is 17.8 Å². The highest BCUT2D eigenvalue weighted by Crippen LogP contribution is 2.28. The summed E-state index contributed by atoms with van der Waals surface area (Å²) >= 11 is 5.56. The van der Waals surface area contributed by atoms with E-state index in [1.165, 1.54) is 0 Å². The zero-order chi connectivity index (χ0) is 25.1. The maximum absolute atomic E-state index is 13.1. The molecule has 1 aromatic rings. The molecule has 0 spiro atoms. The number of benzene rings is 1. The molecule has 0 radical (unpaired) electrons. The molecule has 1 rings (SSSR count). The predicted octanol–water partition coefficient (Wildman–Crippen LogP) is 4.29. The minimum atomic E-state index is -3.73. The minimum absolute atomic E-state index is 0.0941. The molecule has 0 fully saturated rings. The largest absolute Gasteiger partial charge is 0.460 e. The van der Waals surface area contributed by atoms with E-state index in [-0.39, 0.29) is 30.4 Å². The molecule has 0 aromatic heterocycles. The number of allylic oxidation sites excluding steroid dienone is 1. The van der Waals surface area contributed by atoms with Gasteiger partial charge >= 0.3 is 5.97 Å². The highest BCUT2D eigenvalue weighted by atomic mass is 35.5. The SMILES string of the molecule is CC(C)C[C@@H](C(=O)NNS(=O)(=O)CCCCl)[C@H](CC=Cc1ccccc1)C(=O)OC(C)(C)C. The summed E-state index contributed by atoms with van der Waals surface area (Å²) in [6.45, 7) is 9.19.